The first kappa shape index (κ1) is 13.6. The van der Waals surface area contributed by atoms with Crippen molar-refractivity contribution in [1.82, 2.24) is 4.90 Å². The van der Waals surface area contributed by atoms with Gasteiger partial charge in [0.1, 0.15) is 0 Å². The standard InChI is InChI=1S/C14H21NO2S/c1-3-12(13-10(2)6-9-18-13)15-7-4-11(5-8-15)14(16)17/h6,9,11-12H,3-5,7-8H2,1-2H3,(H,16,17). The van der Waals surface area contributed by atoms with Crippen molar-refractivity contribution in [2.24, 2.45) is 5.92 Å². The molecule has 2 rings (SSSR count). The van der Waals surface area contributed by atoms with Gasteiger partial charge in [-0.05, 0) is 56.3 Å². The molecule has 0 saturated carbocycles. The quantitative estimate of drug-likeness (QED) is 0.910. The van der Waals surface area contributed by atoms with E-state index in [1.165, 1.54) is 10.4 Å². The highest BCUT2D eigenvalue weighted by Gasteiger charge is 2.29. The van der Waals surface area contributed by atoms with Crippen LogP contribution in [-0.4, -0.2) is 29.1 Å². The summed E-state index contributed by atoms with van der Waals surface area (Å²) in [6.45, 7) is 6.20. The van der Waals surface area contributed by atoms with Crippen molar-refractivity contribution in [3.63, 3.8) is 0 Å². The molecule has 1 fully saturated rings. The van der Waals surface area contributed by atoms with Gasteiger partial charge in [-0.2, -0.15) is 0 Å². The first-order valence-electron chi connectivity index (χ1n) is 6.64. The smallest absolute Gasteiger partial charge is 0.306 e. The van der Waals surface area contributed by atoms with Crippen LogP contribution in [0.3, 0.4) is 0 Å². The summed E-state index contributed by atoms with van der Waals surface area (Å²) in [5.41, 5.74) is 1.37. The molecule has 1 unspecified atom stereocenters. The van der Waals surface area contributed by atoms with Gasteiger partial charge in [0.2, 0.25) is 0 Å². The minimum absolute atomic E-state index is 0.136. The Morgan fingerprint density at radius 3 is 2.67 bits per heavy atom. The molecule has 2 heterocycles. The summed E-state index contributed by atoms with van der Waals surface area (Å²) in [6, 6.07) is 2.65. The van der Waals surface area contributed by atoms with Gasteiger partial charge in [0.15, 0.2) is 0 Å². The summed E-state index contributed by atoms with van der Waals surface area (Å²) in [5.74, 6) is -0.766. The average Bonchev–Trinajstić information content (AvgIpc) is 2.78. The lowest BCUT2D eigenvalue weighted by Gasteiger charge is -2.36. The fourth-order valence-electron chi connectivity index (χ4n) is 2.79. The summed E-state index contributed by atoms with van der Waals surface area (Å²) in [7, 11) is 0. The lowest BCUT2D eigenvalue weighted by atomic mass is 9.95. The van der Waals surface area contributed by atoms with Crippen LogP contribution < -0.4 is 0 Å². The number of carboxylic acids is 1. The maximum absolute atomic E-state index is 11.0. The Labute approximate surface area is 112 Å². The van der Waals surface area contributed by atoms with Gasteiger partial charge in [-0.15, -0.1) is 11.3 Å². The highest BCUT2D eigenvalue weighted by Crippen LogP contribution is 2.33. The van der Waals surface area contributed by atoms with Gasteiger partial charge in [-0.25, -0.2) is 0 Å². The summed E-state index contributed by atoms with van der Waals surface area (Å²) in [5, 5.41) is 11.2. The Morgan fingerprint density at radius 1 is 1.56 bits per heavy atom. The average molecular weight is 267 g/mol. The topological polar surface area (TPSA) is 40.5 Å². The maximum atomic E-state index is 11.0. The molecule has 1 atom stereocenters. The zero-order valence-corrected chi connectivity index (χ0v) is 11.9. The number of thiophene rings is 1. The van der Waals surface area contributed by atoms with E-state index in [0.717, 1.165) is 32.4 Å². The van der Waals surface area contributed by atoms with Gasteiger partial charge in [-0.1, -0.05) is 6.92 Å². The van der Waals surface area contributed by atoms with Crippen molar-refractivity contribution in [2.75, 3.05) is 13.1 Å². The van der Waals surface area contributed by atoms with Crippen molar-refractivity contribution in [2.45, 2.75) is 39.2 Å². The SMILES string of the molecule is CCC(c1sccc1C)N1CCC(C(=O)O)CC1. The van der Waals surface area contributed by atoms with Gasteiger partial charge in [0, 0.05) is 10.9 Å². The molecule has 0 aromatic carbocycles. The predicted octanol–water partition coefficient (Wildman–Crippen LogP) is 3.30. The van der Waals surface area contributed by atoms with Gasteiger partial charge in [0.25, 0.3) is 0 Å². The fraction of sp³-hybridized carbons (Fsp3) is 0.643. The van der Waals surface area contributed by atoms with E-state index in [9.17, 15) is 4.79 Å². The molecule has 1 aliphatic heterocycles. The van der Waals surface area contributed by atoms with Crippen molar-refractivity contribution in [1.29, 1.82) is 0 Å². The highest BCUT2D eigenvalue weighted by molar-refractivity contribution is 7.10. The molecule has 1 aromatic rings. The molecule has 1 aromatic heterocycles. The highest BCUT2D eigenvalue weighted by atomic mass is 32.1. The van der Waals surface area contributed by atoms with E-state index < -0.39 is 5.97 Å². The van der Waals surface area contributed by atoms with E-state index in [2.05, 4.69) is 30.2 Å². The summed E-state index contributed by atoms with van der Waals surface area (Å²) in [4.78, 5) is 14.9. The van der Waals surface area contributed by atoms with E-state index in [1.54, 1.807) is 0 Å². The molecular weight excluding hydrogens is 246 g/mol. The number of piperidine rings is 1. The number of nitrogens with zero attached hydrogens (tertiary/aromatic N) is 1. The molecule has 0 bridgehead atoms. The van der Waals surface area contributed by atoms with E-state index in [1.807, 2.05) is 11.3 Å². The van der Waals surface area contributed by atoms with Crippen LogP contribution in [0.15, 0.2) is 11.4 Å². The molecule has 18 heavy (non-hydrogen) atoms. The van der Waals surface area contributed by atoms with E-state index in [4.69, 9.17) is 5.11 Å². The van der Waals surface area contributed by atoms with Crippen molar-refractivity contribution >= 4 is 17.3 Å². The van der Waals surface area contributed by atoms with Crippen LogP contribution in [0, 0.1) is 12.8 Å². The predicted molar refractivity (Wildman–Crippen MR) is 74.0 cm³/mol. The second-order valence-electron chi connectivity index (χ2n) is 5.04. The molecule has 1 aliphatic rings. The maximum Gasteiger partial charge on any atom is 0.306 e. The number of rotatable bonds is 4. The van der Waals surface area contributed by atoms with Gasteiger partial charge < -0.3 is 5.11 Å². The molecule has 0 spiro atoms. The molecule has 1 N–H and O–H groups in total. The molecule has 100 valence electrons. The van der Waals surface area contributed by atoms with Crippen LogP contribution in [0.25, 0.3) is 0 Å². The zero-order chi connectivity index (χ0) is 13.1. The Balaban J connectivity index is 2.03. The van der Waals surface area contributed by atoms with Crippen LogP contribution in [0.1, 0.15) is 42.7 Å². The fourth-order valence-corrected chi connectivity index (χ4v) is 3.94. The lowest BCUT2D eigenvalue weighted by molar-refractivity contribution is -0.143. The van der Waals surface area contributed by atoms with Crippen LogP contribution >= 0.6 is 11.3 Å². The minimum atomic E-state index is -0.630. The Bertz CT molecular complexity index is 408. The Morgan fingerprint density at radius 2 is 2.22 bits per heavy atom. The van der Waals surface area contributed by atoms with Crippen LogP contribution in [0.2, 0.25) is 0 Å². The number of carbonyl (C=O) groups is 1. The number of hydrogen-bond acceptors (Lipinski definition) is 3. The second kappa shape index (κ2) is 5.85. The van der Waals surface area contributed by atoms with Crippen LogP contribution in [0.5, 0.6) is 0 Å². The first-order valence-corrected chi connectivity index (χ1v) is 7.52. The molecule has 3 nitrogen and oxygen atoms in total. The Hall–Kier alpha value is -0.870. The summed E-state index contributed by atoms with van der Waals surface area (Å²) >= 11 is 1.82. The summed E-state index contributed by atoms with van der Waals surface area (Å²) < 4.78 is 0. The van der Waals surface area contributed by atoms with Crippen molar-refractivity contribution in [3.05, 3.63) is 21.9 Å². The molecule has 4 heteroatoms. The summed E-state index contributed by atoms with van der Waals surface area (Å²) in [6.07, 6.45) is 2.67. The number of aliphatic carboxylic acids is 1. The lowest BCUT2D eigenvalue weighted by Crippen LogP contribution is -2.38. The largest absolute Gasteiger partial charge is 0.481 e. The number of likely N-dealkylation sites (tertiary alicyclic amines) is 1. The third-order valence-corrected chi connectivity index (χ3v) is 5.03. The van der Waals surface area contributed by atoms with Crippen molar-refractivity contribution < 1.29 is 9.90 Å². The molecule has 1 saturated heterocycles. The number of carboxylic acid groups (broad SMARTS) is 1. The normalized spacial score (nSPS) is 19.9. The van der Waals surface area contributed by atoms with Gasteiger partial charge >= 0.3 is 5.97 Å². The number of hydrogen-bond donors (Lipinski definition) is 1. The van der Waals surface area contributed by atoms with Crippen LogP contribution in [0.4, 0.5) is 0 Å². The third kappa shape index (κ3) is 2.75. The van der Waals surface area contributed by atoms with E-state index in [0.29, 0.717) is 6.04 Å². The van der Waals surface area contributed by atoms with Gasteiger partial charge in [0.05, 0.1) is 5.92 Å². The monoisotopic (exact) mass is 267 g/mol. The number of aryl methyl sites for hydroxylation is 1. The minimum Gasteiger partial charge on any atom is -0.481 e. The first-order chi connectivity index (χ1) is 8.63. The molecule has 0 aliphatic carbocycles. The molecule has 0 radical (unpaired) electrons. The third-order valence-electron chi connectivity index (χ3n) is 3.91. The second-order valence-corrected chi connectivity index (χ2v) is 5.99. The Kier molecular flexibility index (Phi) is 4.40. The zero-order valence-electron chi connectivity index (χ0n) is 11.1. The molecule has 0 amide bonds. The van der Waals surface area contributed by atoms with E-state index in [-0.39, 0.29) is 5.92 Å². The van der Waals surface area contributed by atoms with Crippen LogP contribution in [-0.2, 0) is 4.79 Å². The van der Waals surface area contributed by atoms with Crippen molar-refractivity contribution in [3.8, 4) is 0 Å². The molecular formula is C14H21NO2S. The van der Waals surface area contributed by atoms with E-state index >= 15 is 0 Å². The van der Waals surface area contributed by atoms with Gasteiger partial charge in [-0.3, -0.25) is 9.69 Å².